The number of esters is 1. The minimum atomic E-state index is -0.730. The molecule has 6 heteroatoms. The van der Waals surface area contributed by atoms with Crippen molar-refractivity contribution in [1.82, 2.24) is 4.90 Å². The zero-order valence-corrected chi connectivity index (χ0v) is 14.4. The maximum atomic E-state index is 12.5. The fourth-order valence-electron chi connectivity index (χ4n) is 3.25. The Morgan fingerprint density at radius 1 is 1.09 bits per heavy atom. The Bertz CT molecular complexity index is 417. The van der Waals surface area contributed by atoms with Gasteiger partial charge in [-0.1, -0.05) is 0 Å². The molecular formula is C17H29NO5. The minimum absolute atomic E-state index is 0.0660. The molecule has 6 nitrogen and oxygen atoms in total. The van der Waals surface area contributed by atoms with Crippen LogP contribution in [0.15, 0.2) is 0 Å². The van der Waals surface area contributed by atoms with Crippen LogP contribution in [0, 0.1) is 5.92 Å². The van der Waals surface area contributed by atoms with Crippen molar-refractivity contribution in [1.29, 1.82) is 0 Å². The molecule has 0 aromatic carbocycles. The van der Waals surface area contributed by atoms with Gasteiger partial charge in [0.25, 0.3) is 0 Å². The second-order valence-electron chi connectivity index (χ2n) is 7.58. The van der Waals surface area contributed by atoms with Crippen LogP contribution in [-0.2, 0) is 19.1 Å². The van der Waals surface area contributed by atoms with Crippen molar-refractivity contribution >= 4 is 11.9 Å². The fraction of sp³-hybridized carbons (Fsp3) is 0.882. The highest BCUT2D eigenvalue weighted by molar-refractivity contribution is 5.74. The summed E-state index contributed by atoms with van der Waals surface area (Å²) in [5.74, 6) is -1.34. The van der Waals surface area contributed by atoms with Crippen LogP contribution in [0.1, 0.15) is 59.3 Å². The molecule has 1 atom stereocenters. The summed E-state index contributed by atoms with van der Waals surface area (Å²) in [4.78, 5) is 25.6. The van der Waals surface area contributed by atoms with Crippen LogP contribution >= 0.6 is 0 Å². The maximum Gasteiger partial charge on any atom is 0.351 e. The normalized spacial score (nSPS) is 27.6. The molecule has 0 aromatic heterocycles. The van der Waals surface area contributed by atoms with Gasteiger partial charge in [0.2, 0.25) is 6.23 Å². The molecule has 132 valence electrons. The number of likely N-dealkylation sites (tertiary alicyclic amines) is 1. The van der Waals surface area contributed by atoms with E-state index >= 15 is 0 Å². The smallest absolute Gasteiger partial charge is 0.351 e. The van der Waals surface area contributed by atoms with Gasteiger partial charge in [0.15, 0.2) is 0 Å². The first kappa shape index (κ1) is 18.2. The van der Waals surface area contributed by atoms with E-state index in [9.17, 15) is 9.59 Å². The Labute approximate surface area is 138 Å². The molecule has 0 radical (unpaired) electrons. The average Bonchev–Trinajstić information content (AvgIpc) is 2.97. The molecule has 1 N–H and O–H groups in total. The number of carboxylic acid groups (broad SMARTS) is 1. The lowest BCUT2D eigenvalue weighted by Gasteiger charge is -2.34. The topological polar surface area (TPSA) is 76.1 Å². The highest BCUT2D eigenvalue weighted by atomic mass is 16.6. The summed E-state index contributed by atoms with van der Waals surface area (Å²) in [7, 11) is 0. The fourth-order valence-corrected chi connectivity index (χ4v) is 3.25. The van der Waals surface area contributed by atoms with Crippen LogP contribution in [0.2, 0.25) is 0 Å². The number of carboxylic acids is 1. The van der Waals surface area contributed by atoms with Gasteiger partial charge in [0.05, 0.1) is 12.0 Å². The Balaban J connectivity index is 1.95. The van der Waals surface area contributed by atoms with Crippen molar-refractivity contribution in [3.63, 3.8) is 0 Å². The molecular weight excluding hydrogens is 298 g/mol. The number of carbonyl (C=O) groups is 2. The Morgan fingerprint density at radius 3 is 2.13 bits per heavy atom. The lowest BCUT2D eigenvalue weighted by Crippen LogP contribution is -2.47. The predicted octanol–water partition coefficient (Wildman–Crippen LogP) is 2.41. The average molecular weight is 327 g/mol. The van der Waals surface area contributed by atoms with Gasteiger partial charge in [0, 0.05) is 13.1 Å². The van der Waals surface area contributed by atoms with Crippen LogP contribution in [-0.4, -0.2) is 53.0 Å². The van der Waals surface area contributed by atoms with Gasteiger partial charge in [-0.3, -0.25) is 9.69 Å². The Hall–Kier alpha value is -1.14. The lowest BCUT2D eigenvalue weighted by molar-refractivity contribution is -0.190. The van der Waals surface area contributed by atoms with Gasteiger partial charge in [-0.2, -0.15) is 0 Å². The molecule has 2 rings (SSSR count). The first-order valence-electron chi connectivity index (χ1n) is 8.61. The Morgan fingerprint density at radius 2 is 1.65 bits per heavy atom. The number of nitrogens with zero attached hydrogens (tertiary/aromatic N) is 1. The quantitative estimate of drug-likeness (QED) is 0.782. The van der Waals surface area contributed by atoms with E-state index in [0.717, 1.165) is 25.9 Å². The first-order valence-corrected chi connectivity index (χ1v) is 8.61. The minimum Gasteiger partial charge on any atom is -0.481 e. The SMILES string of the molecule is CC(C)(C)OC(=O)C(OC1CCC(C(=O)O)CC1)N1CCCC1. The van der Waals surface area contributed by atoms with Gasteiger partial charge in [-0.05, 0) is 59.3 Å². The van der Waals surface area contributed by atoms with E-state index in [-0.39, 0.29) is 18.0 Å². The molecule has 0 amide bonds. The maximum absolute atomic E-state index is 12.5. The van der Waals surface area contributed by atoms with Crippen LogP contribution in [0.3, 0.4) is 0 Å². The summed E-state index contributed by atoms with van der Waals surface area (Å²) in [5.41, 5.74) is -0.542. The molecule has 1 saturated carbocycles. The third-order valence-electron chi connectivity index (χ3n) is 4.43. The number of ether oxygens (including phenoxy) is 2. The third kappa shape index (κ3) is 5.46. The second kappa shape index (κ2) is 7.62. The van der Waals surface area contributed by atoms with Crippen LogP contribution in [0.4, 0.5) is 0 Å². The molecule has 1 saturated heterocycles. The van der Waals surface area contributed by atoms with E-state index in [4.69, 9.17) is 14.6 Å². The third-order valence-corrected chi connectivity index (χ3v) is 4.43. The molecule has 0 spiro atoms. The van der Waals surface area contributed by atoms with Crippen LogP contribution in [0.25, 0.3) is 0 Å². The van der Waals surface area contributed by atoms with Gasteiger partial charge >= 0.3 is 11.9 Å². The highest BCUT2D eigenvalue weighted by Crippen LogP contribution is 2.29. The molecule has 2 fully saturated rings. The van der Waals surface area contributed by atoms with Crippen molar-refractivity contribution < 1.29 is 24.2 Å². The summed E-state index contributed by atoms with van der Waals surface area (Å²) in [5, 5.41) is 9.07. The predicted molar refractivity (Wildman–Crippen MR) is 84.9 cm³/mol. The number of hydrogen-bond acceptors (Lipinski definition) is 5. The number of hydrogen-bond donors (Lipinski definition) is 1. The molecule has 1 unspecified atom stereocenters. The number of aliphatic carboxylic acids is 1. The summed E-state index contributed by atoms with van der Waals surface area (Å²) < 4.78 is 11.6. The molecule has 23 heavy (non-hydrogen) atoms. The van der Waals surface area contributed by atoms with Crippen molar-refractivity contribution in [3.05, 3.63) is 0 Å². The zero-order chi connectivity index (χ0) is 17.0. The van der Waals surface area contributed by atoms with E-state index in [2.05, 4.69) is 0 Å². The lowest BCUT2D eigenvalue weighted by atomic mass is 9.87. The number of carbonyl (C=O) groups excluding carboxylic acids is 1. The summed E-state index contributed by atoms with van der Waals surface area (Å²) in [6.45, 7) is 7.24. The zero-order valence-electron chi connectivity index (χ0n) is 14.4. The highest BCUT2D eigenvalue weighted by Gasteiger charge is 2.36. The molecule has 1 heterocycles. The summed E-state index contributed by atoms with van der Waals surface area (Å²) in [6.07, 6.45) is 3.99. The largest absolute Gasteiger partial charge is 0.481 e. The molecule has 0 bridgehead atoms. The van der Waals surface area contributed by atoms with Crippen molar-refractivity contribution in [2.45, 2.75) is 77.2 Å². The van der Waals surface area contributed by atoms with Gasteiger partial charge < -0.3 is 14.6 Å². The molecule has 1 aliphatic carbocycles. The van der Waals surface area contributed by atoms with Crippen molar-refractivity contribution in [2.75, 3.05) is 13.1 Å². The van der Waals surface area contributed by atoms with E-state index in [1.165, 1.54) is 0 Å². The van der Waals surface area contributed by atoms with E-state index < -0.39 is 17.8 Å². The monoisotopic (exact) mass is 327 g/mol. The Kier molecular flexibility index (Phi) is 6.03. The molecule has 2 aliphatic rings. The summed E-state index contributed by atoms with van der Waals surface area (Å²) >= 11 is 0. The summed E-state index contributed by atoms with van der Waals surface area (Å²) in [6, 6.07) is 0. The van der Waals surface area contributed by atoms with Crippen molar-refractivity contribution in [3.8, 4) is 0 Å². The van der Waals surface area contributed by atoms with Crippen LogP contribution < -0.4 is 0 Å². The van der Waals surface area contributed by atoms with Crippen molar-refractivity contribution in [2.24, 2.45) is 5.92 Å². The van der Waals surface area contributed by atoms with Gasteiger partial charge in [0.1, 0.15) is 5.60 Å². The van der Waals surface area contributed by atoms with E-state index in [1.807, 2.05) is 25.7 Å². The first-order chi connectivity index (χ1) is 10.8. The van der Waals surface area contributed by atoms with Crippen LogP contribution in [0.5, 0.6) is 0 Å². The van der Waals surface area contributed by atoms with Gasteiger partial charge in [-0.15, -0.1) is 0 Å². The number of rotatable bonds is 5. The van der Waals surface area contributed by atoms with E-state index in [0.29, 0.717) is 25.7 Å². The second-order valence-corrected chi connectivity index (χ2v) is 7.58. The molecule has 0 aromatic rings. The van der Waals surface area contributed by atoms with E-state index in [1.54, 1.807) is 0 Å². The van der Waals surface area contributed by atoms with Gasteiger partial charge in [-0.25, -0.2) is 4.79 Å². The standard InChI is InChI=1S/C17H29NO5/c1-17(2,3)23-16(21)14(18-10-4-5-11-18)22-13-8-6-12(7-9-13)15(19)20/h12-14H,4-11H2,1-3H3,(H,19,20). The molecule has 1 aliphatic heterocycles.